The monoisotopic (exact) mass is 185 g/mol. The fourth-order valence-corrected chi connectivity index (χ4v) is 1.53. The lowest BCUT2D eigenvalue weighted by atomic mass is 10.3. The Balaban J connectivity index is 2.48. The van der Waals surface area contributed by atoms with Gasteiger partial charge in [0.15, 0.2) is 0 Å². The molecule has 0 saturated heterocycles. The second-order valence-electron chi connectivity index (χ2n) is 2.66. The van der Waals surface area contributed by atoms with Gasteiger partial charge in [-0.1, -0.05) is 0 Å². The maximum absolute atomic E-state index is 12.4. The first-order valence-electron chi connectivity index (χ1n) is 3.81. The molecule has 1 atom stereocenters. The third-order valence-corrected chi connectivity index (χ3v) is 2.59. The Labute approximate surface area is 76.2 Å². The first-order chi connectivity index (χ1) is 5.68. The Morgan fingerprint density at radius 2 is 2.00 bits per heavy atom. The van der Waals surface area contributed by atoms with Gasteiger partial charge in [0, 0.05) is 16.3 Å². The molecular formula is C9H12FNS. The van der Waals surface area contributed by atoms with Crippen LogP contribution in [-0.2, 0) is 0 Å². The summed E-state index contributed by atoms with van der Waals surface area (Å²) in [5.41, 5.74) is 6.24. The minimum absolute atomic E-state index is 0.504. The minimum atomic E-state index is -0.757. The van der Waals surface area contributed by atoms with Crippen LogP contribution in [0.4, 0.5) is 10.1 Å². The molecule has 0 aromatic heterocycles. The SMILES string of the molecule is CC(F)CSc1ccc(N)cc1. The summed E-state index contributed by atoms with van der Waals surface area (Å²) in [6.45, 7) is 1.56. The Morgan fingerprint density at radius 3 is 2.50 bits per heavy atom. The highest BCUT2D eigenvalue weighted by molar-refractivity contribution is 7.99. The van der Waals surface area contributed by atoms with Gasteiger partial charge in [-0.05, 0) is 31.2 Å². The molecule has 0 saturated carbocycles. The first-order valence-corrected chi connectivity index (χ1v) is 4.79. The quantitative estimate of drug-likeness (QED) is 0.578. The van der Waals surface area contributed by atoms with Crippen molar-refractivity contribution in [1.82, 2.24) is 0 Å². The van der Waals surface area contributed by atoms with Crippen LogP contribution in [0.2, 0.25) is 0 Å². The third-order valence-electron chi connectivity index (χ3n) is 1.36. The minimum Gasteiger partial charge on any atom is -0.399 e. The van der Waals surface area contributed by atoms with Crippen LogP contribution in [0.25, 0.3) is 0 Å². The van der Waals surface area contributed by atoms with Gasteiger partial charge in [-0.3, -0.25) is 0 Å². The number of hydrogen-bond acceptors (Lipinski definition) is 2. The van der Waals surface area contributed by atoms with Crippen molar-refractivity contribution in [3.05, 3.63) is 24.3 Å². The summed E-state index contributed by atoms with van der Waals surface area (Å²) in [6.07, 6.45) is -0.757. The van der Waals surface area contributed by atoms with E-state index in [1.165, 1.54) is 11.8 Å². The van der Waals surface area contributed by atoms with Crippen LogP contribution < -0.4 is 5.73 Å². The molecule has 3 heteroatoms. The van der Waals surface area contributed by atoms with E-state index in [9.17, 15) is 4.39 Å². The topological polar surface area (TPSA) is 26.0 Å². The molecule has 0 bridgehead atoms. The molecule has 0 aliphatic heterocycles. The van der Waals surface area contributed by atoms with Crippen LogP contribution in [-0.4, -0.2) is 11.9 Å². The van der Waals surface area contributed by atoms with Crippen molar-refractivity contribution in [3.63, 3.8) is 0 Å². The lowest BCUT2D eigenvalue weighted by Crippen LogP contribution is -1.95. The molecular weight excluding hydrogens is 173 g/mol. The van der Waals surface area contributed by atoms with Crippen molar-refractivity contribution >= 4 is 17.4 Å². The van der Waals surface area contributed by atoms with Crippen LogP contribution in [0.3, 0.4) is 0 Å². The molecule has 2 N–H and O–H groups in total. The largest absolute Gasteiger partial charge is 0.399 e. The molecule has 0 radical (unpaired) electrons. The number of anilines is 1. The number of nitrogens with two attached hydrogens (primary N) is 1. The van der Waals surface area contributed by atoms with Gasteiger partial charge in [-0.15, -0.1) is 11.8 Å². The van der Waals surface area contributed by atoms with Crippen molar-refractivity contribution in [1.29, 1.82) is 0 Å². The highest BCUT2D eigenvalue weighted by Gasteiger charge is 1.99. The predicted octanol–water partition coefficient (Wildman–Crippen LogP) is 2.72. The first kappa shape index (κ1) is 9.39. The summed E-state index contributed by atoms with van der Waals surface area (Å²) in [5, 5.41) is 0. The lowest BCUT2D eigenvalue weighted by Gasteiger charge is -2.01. The Kier molecular flexibility index (Phi) is 3.41. The second-order valence-corrected chi connectivity index (χ2v) is 3.75. The molecule has 0 aliphatic rings. The smallest absolute Gasteiger partial charge is 0.107 e. The number of rotatable bonds is 3. The van der Waals surface area contributed by atoms with E-state index in [-0.39, 0.29) is 0 Å². The van der Waals surface area contributed by atoms with Crippen molar-refractivity contribution in [2.45, 2.75) is 18.0 Å². The van der Waals surface area contributed by atoms with Gasteiger partial charge in [-0.25, -0.2) is 4.39 Å². The molecule has 1 rings (SSSR count). The van der Waals surface area contributed by atoms with E-state index in [1.807, 2.05) is 24.3 Å². The second kappa shape index (κ2) is 4.36. The summed E-state index contributed by atoms with van der Waals surface area (Å²) < 4.78 is 12.4. The van der Waals surface area contributed by atoms with Crippen molar-refractivity contribution < 1.29 is 4.39 Å². The lowest BCUT2D eigenvalue weighted by molar-refractivity contribution is 0.398. The maximum Gasteiger partial charge on any atom is 0.107 e. The zero-order chi connectivity index (χ0) is 8.97. The number of nitrogen functional groups attached to an aromatic ring is 1. The summed E-state index contributed by atoms with van der Waals surface area (Å²) >= 11 is 1.51. The average molecular weight is 185 g/mol. The van der Waals surface area contributed by atoms with E-state index >= 15 is 0 Å². The zero-order valence-electron chi connectivity index (χ0n) is 6.96. The molecule has 0 heterocycles. The van der Waals surface area contributed by atoms with Crippen LogP contribution in [0.1, 0.15) is 6.92 Å². The van der Waals surface area contributed by atoms with E-state index < -0.39 is 6.17 Å². The molecule has 1 aromatic rings. The summed E-state index contributed by atoms with van der Waals surface area (Å²) in [7, 11) is 0. The number of alkyl halides is 1. The highest BCUT2D eigenvalue weighted by Crippen LogP contribution is 2.20. The van der Waals surface area contributed by atoms with E-state index in [0.717, 1.165) is 10.6 Å². The van der Waals surface area contributed by atoms with Crippen LogP contribution in [0.5, 0.6) is 0 Å². The average Bonchev–Trinajstić information content (AvgIpc) is 2.03. The fraction of sp³-hybridized carbons (Fsp3) is 0.333. The summed E-state index contributed by atoms with van der Waals surface area (Å²) in [5.74, 6) is 0.504. The number of hydrogen-bond donors (Lipinski definition) is 1. The number of thioether (sulfide) groups is 1. The highest BCUT2D eigenvalue weighted by atomic mass is 32.2. The van der Waals surface area contributed by atoms with Crippen LogP contribution >= 0.6 is 11.8 Å². The molecule has 1 unspecified atom stereocenters. The summed E-state index contributed by atoms with van der Waals surface area (Å²) in [4.78, 5) is 1.06. The van der Waals surface area contributed by atoms with Crippen LogP contribution in [0, 0.1) is 0 Å². The standard InChI is InChI=1S/C9H12FNS/c1-7(10)6-12-9-4-2-8(11)3-5-9/h2-5,7H,6,11H2,1H3. The van der Waals surface area contributed by atoms with Gasteiger partial charge in [-0.2, -0.15) is 0 Å². The molecule has 0 aliphatic carbocycles. The van der Waals surface area contributed by atoms with Gasteiger partial charge >= 0.3 is 0 Å². The normalized spacial score (nSPS) is 12.8. The zero-order valence-corrected chi connectivity index (χ0v) is 7.77. The molecule has 1 aromatic carbocycles. The molecule has 1 nitrogen and oxygen atoms in total. The molecule has 0 spiro atoms. The predicted molar refractivity (Wildman–Crippen MR) is 52.1 cm³/mol. The summed E-state index contributed by atoms with van der Waals surface area (Å²) in [6, 6.07) is 7.46. The Morgan fingerprint density at radius 1 is 1.42 bits per heavy atom. The van der Waals surface area contributed by atoms with Crippen molar-refractivity contribution in [2.24, 2.45) is 0 Å². The van der Waals surface area contributed by atoms with Gasteiger partial charge < -0.3 is 5.73 Å². The van der Waals surface area contributed by atoms with Crippen LogP contribution in [0.15, 0.2) is 29.2 Å². The molecule has 0 amide bonds. The van der Waals surface area contributed by atoms with Crippen molar-refractivity contribution in [2.75, 3.05) is 11.5 Å². The third kappa shape index (κ3) is 3.13. The van der Waals surface area contributed by atoms with E-state index in [4.69, 9.17) is 5.73 Å². The van der Waals surface area contributed by atoms with E-state index in [0.29, 0.717) is 5.75 Å². The van der Waals surface area contributed by atoms with Gasteiger partial charge in [0.1, 0.15) is 6.17 Å². The van der Waals surface area contributed by atoms with Gasteiger partial charge in [0.05, 0.1) is 0 Å². The van der Waals surface area contributed by atoms with E-state index in [2.05, 4.69) is 0 Å². The molecule has 0 fully saturated rings. The Bertz CT molecular complexity index is 233. The van der Waals surface area contributed by atoms with Gasteiger partial charge in [0.25, 0.3) is 0 Å². The molecule has 66 valence electrons. The fourth-order valence-electron chi connectivity index (χ4n) is 0.775. The van der Waals surface area contributed by atoms with Crippen molar-refractivity contribution in [3.8, 4) is 0 Å². The maximum atomic E-state index is 12.4. The number of benzene rings is 1. The Hall–Kier alpha value is -0.700. The number of halogens is 1. The molecule has 12 heavy (non-hydrogen) atoms. The van der Waals surface area contributed by atoms with E-state index in [1.54, 1.807) is 6.92 Å². The van der Waals surface area contributed by atoms with Gasteiger partial charge in [0.2, 0.25) is 0 Å².